The molecule has 0 saturated carbocycles. The van der Waals surface area contributed by atoms with E-state index in [1.54, 1.807) is 0 Å². The van der Waals surface area contributed by atoms with Crippen LogP contribution in [0, 0.1) is 0 Å². The van der Waals surface area contributed by atoms with Gasteiger partial charge in [0.15, 0.2) is 11.5 Å². The first-order valence-corrected chi connectivity index (χ1v) is 6.79. The molecule has 0 radical (unpaired) electrons. The lowest BCUT2D eigenvalue weighted by molar-refractivity contribution is 0.226. The van der Waals surface area contributed by atoms with Gasteiger partial charge in [-0.25, -0.2) is 0 Å². The molecule has 0 bridgehead atoms. The summed E-state index contributed by atoms with van der Waals surface area (Å²) in [6, 6.07) is 7.47. The van der Waals surface area contributed by atoms with Gasteiger partial charge in [-0.3, -0.25) is 0 Å². The standard InChI is InChI=1S/C12H14Br2O3/c13-12(14)6-9-17-11-5-2-1-4-10(11)16-8-3-7-15/h1-2,4-6,15H,3,7-9H2. The molecule has 0 aliphatic rings. The van der Waals surface area contributed by atoms with Crippen LogP contribution in [0.2, 0.25) is 0 Å². The number of benzene rings is 1. The summed E-state index contributed by atoms with van der Waals surface area (Å²) < 4.78 is 11.9. The topological polar surface area (TPSA) is 38.7 Å². The van der Waals surface area contributed by atoms with Gasteiger partial charge in [0.05, 0.1) is 10.00 Å². The highest BCUT2D eigenvalue weighted by Crippen LogP contribution is 2.26. The zero-order valence-corrected chi connectivity index (χ0v) is 12.4. The van der Waals surface area contributed by atoms with Crippen LogP contribution in [-0.4, -0.2) is 24.9 Å². The molecular weight excluding hydrogens is 352 g/mol. The normalized spacial score (nSPS) is 9.82. The van der Waals surface area contributed by atoms with Crippen LogP contribution in [-0.2, 0) is 0 Å². The zero-order chi connectivity index (χ0) is 12.5. The van der Waals surface area contributed by atoms with Gasteiger partial charge in [0, 0.05) is 13.0 Å². The second kappa shape index (κ2) is 8.55. The van der Waals surface area contributed by atoms with Crippen LogP contribution >= 0.6 is 31.9 Å². The lowest BCUT2D eigenvalue weighted by atomic mass is 10.3. The molecule has 0 amide bonds. The molecule has 94 valence electrons. The minimum Gasteiger partial charge on any atom is -0.490 e. The van der Waals surface area contributed by atoms with Gasteiger partial charge in [-0.15, -0.1) is 0 Å². The fourth-order valence-corrected chi connectivity index (χ4v) is 1.39. The SMILES string of the molecule is OCCCOc1ccccc1OCC=C(Br)Br. The molecule has 5 heteroatoms. The Bertz CT molecular complexity index is 363. The first-order valence-electron chi connectivity index (χ1n) is 5.20. The van der Waals surface area contributed by atoms with E-state index in [-0.39, 0.29) is 6.61 Å². The Labute approximate surface area is 118 Å². The summed E-state index contributed by atoms with van der Waals surface area (Å²) in [5.41, 5.74) is 0. The summed E-state index contributed by atoms with van der Waals surface area (Å²) in [6.07, 6.45) is 2.46. The summed E-state index contributed by atoms with van der Waals surface area (Å²) in [6.45, 7) is 1.06. The maximum atomic E-state index is 8.69. The van der Waals surface area contributed by atoms with E-state index in [0.29, 0.717) is 31.1 Å². The van der Waals surface area contributed by atoms with Crippen molar-refractivity contribution >= 4 is 31.9 Å². The Morgan fingerprint density at radius 3 is 2.41 bits per heavy atom. The maximum absolute atomic E-state index is 8.69. The molecule has 0 saturated heterocycles. The summed E-state index contributed by atoms with van der Waals surface area (Å²) in [5, 5.41) is 8.69. The maximum Gasteiger partial charge on any atom is 0.161 e. The van der Waals surface area contributed by atoms with Crippen molar-refractivity contribution in [3.05, 3.63) is 33.7 Å². The minimum absolute atomic E-state index is 0.127. The molecule has 3 nitrogen and oxygen atoms in total. The Morgan fingerprint density at radius 1 is 1.18 bits per heavy atom. The van der Waals surface area contributed by atoms with E-state index in [1.165, 1.54) is 0 Å². The second-order valence-corrected chi connectivity index (χ2v) is 5.95. The predicted molar refractivity (Wildman–Crippen MR) is 75.1 cm³/mol. The quantitative estimate of drug-likeness (QED) is 0.752. The van der Waals surface area contributed by atoms with Gasteiger partial charge < -0.3 is 14.6 Å². The first-order chi connectivity index (χ1) is 8.24. The van der Waals surface area contributed by atoms with Crippen molar-refractivity contribution in [3.63, 3.8) is 0 Å². The molecule has 1 aromatic rings. The van der Waals surface area contributed by atoms with Crippen molar-refractivity contribution in [1.82, 2.24) is 0 Å². The monoisotopic (exact) mass is 364 g/mol. The van der Waals surface area contributed by atoms with E-state index in [4.69, 9.17) is 14.6 Å². The molecule has 0 aliphatic heterocycles. The fourth-order valence-electron chi connectivity index (χ4n) is 1.13. The number of ether oxygens (including phenoxy) is 2. The molecule has 1 aromatic carbocycles. The highest BCUT2D eigenvalue weighted by molar-refractivity contribution is 9.28. The van der Waals surface area contributed by atoms with E-state index < -0.39 is 0 Å². The smallest absolute Gasteiger partial charge is 0.161 e. The predicted octanol–water partition coefficient (Wildman–Crippen LogP) is 3.46. The number of aliphatic hydroxyl groups excluding tert-OH is 1. The Balaban J connectivity index is 2.54. The molecule has 0 aromatic heterocycles. The van der Waals surface area contributed by atoms with Crippen LogP contribution < -0.4 is 9.47 Å². The molecule has 0 aliphatic carbocycles. The molecule has 0 heterocycles. The van der Waals surface area contributed by atoms with E-state index in [0.717, 1.165) is 3.39 Å². The summed E-state index contributed by atoms with van der Waals surface area (Å²) >= 11 is 6.51. The van der Waals surface area contributed by atoms with E-state index in [2.05, 4.69) is 31.9 Å². The van der Waals surface area contributed by atoms with Crippen molar-refractivity contribution in [3.8, 4) is 11.5 Å². The number of para-hydroxylation sites is 2. The van der Waals surface area contributed by atoms with Crippen molar-refractivity contribution in [1.29, 1.82) is 0 Å². The molecule has 0 spiro atoms. The van der Waals surface area contributed by atoms with Crippen LogP contribution in [0.1, 0.15) is 6.42 Å². The summed E-state index contributed by atoms with van der Waals surface area (Å²) in [5.74, 6) is 1.39. The Morgan fingerprint density at radius 2 is 1.82 bits per heavy atom. The number of halogens is 2. The third kappa shape index (κ3) is 6.10. The molecule has 0 atom stereocenters. The largest absolute Gasteiger partial charge is 0.490 e. The van der Waals surface area contributed by atoms with Crippen molar-refractivity contribution in [2.75, 3.05) is 19.8 Å². The van der Waals surface area contributed by atoms with Gasteiger partial charge in [0.2, 0.25) is 0 Å². The number of aliphatic hydroxyl groups is 1. The molecule has 0 unspecified atom stereocenters. The summed E-state index contributed by atoms with van der Waals surface area (Å²) in [7, 11) is 0. The molecule has 1 rings (SSSR count). The third-order valence-corrected chi connectivity index (χ3v) is 2.53. The first kappa shape index (κ1) is 14.5. The molecule has 17 heavy (non-hydrogen) atoms. The van der Waals surface area contributed by atoms with Gasteiger partial charge >= 0.3 is 0 Å². The molecule has 1 N–H and O–H groups in total. The number of hydrogen-bond donors (Lipinski definition) is 1. The number of rotatable bonds is 7. The van der Waals surface area contributed by atoms with Gasteiger partial charge in [-0.2, -0.15) is 0 Å². The fraction of sp³-hybridized carbons (Fsp3) is 0.333. The lowest BCUT2D eigenvalue weighted by Gasteiger charge is -2.11. The highest BCUT2D eigenvalue weighted by atomic mass is 79.9. The zero-order valence-electron chi connectivity index (χ0n) is 9.23. The number of hydrogen-bond acceptors (Lipinski definition) is 3. The average Bonchev–Trinajstić information content (AvgIpc) is 2.31. The minimum atomic E-state index is 0.127. The Hall–Kier alpha value is -0.520. The van der Waals surface area contributed by atoms with Crippen LogP contribution in [0.5, 0.6) is 11.5 Å². The second-order valence-electron chi connectivity index (χ2n) is 3.18. The molecule has 0 fully saturated rings. The van der Waals surface area contributed by atoms with E-state index in [9.17, 15) is 0 Å². The highest BCUT2D eigenvalue weighted by Gasteiger charge is 2.02. The van der Waals surface area contributed by atoms with E-state index in [1.807, 2.05) is 30.3 Å². The van der Waals surface area contributed by atoms with Crippen molar-refractivity contribution in [2.45, 2.75) is 6.42 Å². The Kier molecular flexibility index (Phi) is 7.32. The summed E-state index contributed by atoms with van der Waals surface area (Å²) in [4.78, 5) is 0. The van der Waals surface area contributed by atoms with Crippen molar-refractivity contribution < 1.29 is 14.6 Å². The van der Waals surface area contributed by atoms with Gasteiger partial charge in [0.25, 0.3) is 0 Å². The van der Waals surface area contributed by atoms with Crippen LogP contribution in [0.4, 0.5) is 0 Å². The van der Waals surface area contributed by atoms with Crippen LogP contribution in [0.3, 0.4) is 0 Å². The lowest BCUT2D eigenvalue weighted by Crippen LogP contribution is -2.02. The van der Waals surface area contributed by atoms with Crippen molar-refractivity contribution in [2.24, 2.45) is 0 Å². The van der Waals surface area contributed by atoms with Gasteiger partial charge in [-0.05, 0) is 50.1 Å². The van der Waals surface area contributed by atoms with E-state index >= 15 is 0 Å². The third-order valence-electron chi connectivity index (χ3n) is 1.89. The van der Waals surface area contributed by atoms with Crippen LogP contribution in [0.15, 0.2) is 33.7 Å². The van der Waals surface area contributed by atoms with Gasteiger partial charge in [-0.1, -0.05) is 12.1 Å². The van der Waals surface area contributed by atoms with Crippen LogP contribution in [0.25, 0.3) is 0 Å². The average molecular weight is 366 g/mol. The van der Waals surface area contributed by atoms with Gasteiger partial charge in [0.1, 0.15) is 6.61 Å². The molecular formula is C12H14Br2O3.